The number of benzene rings is 2. The van der Waals surface area contributed by atoms with Crippen molar-refractivity contribution in [2.75, 3.05) is 11.9 Å². The van der Waals surface area contributed by atoms with Gasteiger partial charge in [0, 0.05) is 18.1 Å². The van der Waals surface area contributed by atoms with Crippen molar-refractivity contribution in [1.82, 2.24) is 19.6 Å². The first-order valence-electron chi connectivity index (χ1n) is 8.13. The van der Waals surface area contributed by atoms with Gasteiger partial charge in [0.25, 0.3) is 5.78 Å². The Kier molecular flexibility index (Phi) is 4.42. The molecule has 0 aliphatic heterocycles. The van der Waals surface area contributed by atoms with Crippen molar-refractivity contribution in [1.29, 1.82) is 0 Å². The predicted octanol–water partition coefficient (Wildman–Crippen LogP) is 4.38. The van der Waals surface area contributed by atoms with E-state index in [1.165, 1.54) is 5.56 Å². The number of aromatic nitrogens is 4. The molecule has 0 saturated heterocycles. The summed E-state index contributed by atoms with van der Waals surface area (Å²) in [5.74, 6) is 1.49. The van der Waals surface area contributed by atoms with Gasteiger partial charge in [-0.3, -0.25) is 4.40 Å². The van der Waals surface area contributed by atoms with Crippen LogP contribution >= 0.6 is 0 Å². The number of nitrogens with zero attached hydrogens (tertiary/aromatic N) is 5. The van der Waals surface area contributed by atoms with Crippen LogP contribution in [0, 0.1) is 6.92 Å². The molecule has 0 aliphatic carbocycles. The molecule has 5 nitrogen and oxygen atoms in total. The maximum absolute atomic E-state index is 4.70. The van der Waals surface area contributed by atoms with E-state index in [0.29, 0.717) is 5.78 Å². The SMILES string of the molecule is CC.Cc1ccccc1N(C)c1nc2nncn2c2ccccc12. The third-order valence-corrected chi connectivity index (χ3v) is 3.93. The summed E-state index contributed by atoms with van der Waals surface area (Å²) >= 11 is 0. The minimum absolute atomic E-state index is 0.606. The van der Waals surface area contributed by atoms with Gasteiger partial charge in [0.2, 0.25) is 0 Å². The Morgan fingerprint density at radius 1 is 0.958 bits per heavy atom. The molecule has 2 aromatic heterocycles. The maximum atomic E-state index is 4.70. The zero-order valence-corrected chi connectivity index (χ0v) is 14.4. The fourth-order valence-electron chi connectivity index (χ4n) is 2.81. The summed E-state index contributed by atoms with van der Waals surface area (Å²) in [6.45, 7) is 6.10. The molecule has 0 N–H and O–H groups in total. The molecule has 0 bridgehead atoms. The number of rotatable bonds is 2. The molecule has 2 aromatic carbocycles. The molecule has 0 amide bonds. The fourth-order valence-corrected chi connectivity index (χ4v) is 2.81. The van der Waals surface area contributed by atoms with Gasteiger partial charge in [-0.15, -0.1) is 10.2 Å². The number of para-hydroxylation sites is 2. The normalized spacial score (nSPS) is 10.5. The van der Waals surface area contributed by atoms with Crippen LogP contribution < -0.4 is 4.90 Å². The molecule has 4 aromatic rings. The Bertz CT molecular complexity index is 974. The Morgan fingerprint density at radius 2 is 1.67 bits per heavy atom. The molecule has 0 spiro atoms. The van der Waals surface area contributed by atoms with E-state index in [0.717, 1.165) is 22.4 Å². The third kappa shape index (κ3) is 2.58. The summed E-state index contributed by atoms with van der Waals surface area (Å²) in [7, 11) is 2.03. The molecule has 0 fully saturated rings. The van der Waals surface area contributed by atoms with Crippen molar-refractivity contribution in [3.63, 3.8) is 0 Å². The summed E-state index contributed by atoms with van der Waals surface area (Å²) in [6, 6.07) is 16.4. The first-order chi connectivity index (χ1) is 11.8. The number of fused-ring (bicyclic) bond motifs is 3. The number of anilines is 2. The lowest BCUT2D eigenvalue weighted by Gasteiger charge is -2.22. The lowest BCUT2D eigenvalue weighted by molar-refractivity contribution is 1.08. The molecule has 122 valence electrons. The minimum atomic E-state index is 0.606. The molecule has 24 heavy (non-hydrogen) atoms. The quantitative estimate of drug-likeness (QED) is 0.550. The smallest absolute Gasteiger partial charge is 0.257 e. The monoisotopic (exact) mass is 319 g/mol. The molecule has 2 heterocycles. The van der Waals surface area contributed by atoms with E-state index < -0.39 is 0 Å². The minimum Gasteiger partial charge on any atom is -0.329 e. The van der Waals surface area contributed by atoms with E-state index in [4.69, 9.17) is 4.98 Å². The second-order valence-electron chi connectivity index (χ2n) is 5.30. The highest BCUT2D eigenvalue weighted by atomic mass is 15.3. The topological polar surface area (TPSA) is 46.3 Å². The lowest BCUT2D eigenvalue weighted by Crippen LogP contribution is -2.14. The van der Waals surface area contributed by atoms with E-state index in [-0.39, 0.29) is 0 Å². The van der Waals surface area contributed by atoms with E-state index in [1.807, 2.05) is 49.6 Å². The van der Waals surface area contributed by atoms with Gasteiger partial charge in [-0.2, -0.15) is 4.98 Å². The highest BCUT2D eigenvalue weighted by molar-refractivity contribution is 5.93. The average Bonchev–Trinajstić information content (AvgIpc) is 3.11. The van der Waals surface area contributed by atoms with Crippen LogP contribution in [-0.4, -0.2) is 26.6 Å². The van der Waals surface area contributed by atoms with Crippen molar-refractivity contribution in [3.05, 3.63) is 60.4 Å². The molecular weight excluding hydrogens is 298 g/mol. The van der Waals surface area contributed by atoms with Gasteiger partial charge in [-0.05, 0) is 30.7 Å². The zero-order chi connectivity index (χ0) is 17.1. The van der Waals surface area contributed by atoms with Crippen LogP contribution in [0.5, 0.6) is 0 Å². The van der Waals surface area contributed by atoms with Crippen LogP contribution in [0.1, 0.15) is 19.4 Å². The standard InChI is InChI=1S/C17H15N5.C2H6/c1-12-7-3-5-9-14(12)21(2)16-13-8-4-6-10-15(13)22-11-18-20-17(22)19-16;1-2/h3-11H,1-2H3;1-2H3. The third-order valence-electron chi connectivity index (χ3n) is 3.93. The summed E-state index contributed by atoms with van der Waals surface area (Å²) in [5, 5.41) is 9.15. The van der Waals surface area contributed by atoms with Gasteiger partial charge >= 0.3 is 0 Å². The number of aryl methyl sites for hydroxylation is 1. The maximum Gasteiger partial charge on any atom is 0.257 e. The molecular formula is C19H21N5. The van der Waals surface area contributed by atoms with E-state index in [2.05, 4.69) is 46.3 Å². The highest BCUT2D eigenvalue weighted by Crippen LogP contribution is 2.31. The Hall–Kier alpha value is -2.95. The summed E-state index contributed by atoms with van der Waals surface area (Å²) in [6.07, 6.45) is 1.70. The largest absolute Gasteiger partial charge is 0.329 e. The lowest BCUT2D eigenvalue weighted by atomic mass is 10.1. The Morgan fingerprint density at radius 3 is 2.46 bits per heavy atom. The van der Waals surface area contributed by atoms with Gasteiger partial charge in [-0.25, -0.2) is 0 Å². The zero-order valence-electron chi connectivity index (χ0n) is 14.4. The van der Waals surface area contributed by atoms with Crippen LogP contribution in [0.4, 0.5) is 11.5 Å². The van der Waals surface area contributed by atoms with Gasteiger partial charge in [0.15, 0.2) is 0 Å². The molecule has 0 atom stereocenters. The van der Waals surface area contributed by atoms with E-state index in [9.17, 15) is 0 Å². The second-order valence-corrected chi connectivity index (χ2v) is 5.30. The summed E-state index contributed by atoms with van der Waals surface area (Å²) in [5.41, 5.74) is 3.38. The van der Waals surface area contributed by atoms with Crippen LogP contribution in [-0.2, 0) is 0 Å². The van der Waals surface area contributed by atoms with Gasteiger partial charge < -0.3 is 4.90 Å². The van der Waals surface area contributed by atoms with Crippen LogP contribution in [0.15, 0.2) is 54.9 Å². The molecule has 0 unspecified atom stereocenters. The van der Waals surface area contributed by atoms with E-state index in [1.54, 1.807) is 6.33 Å². The van der Waals surface area contributed by atoms with Gasteiger partial charge in [0.05, 0.1) is 5.52 Å². The van der Waals surface area contributed by atoms with Crippen molar-refractivity contribution in [2.24, 2.45) is 0 Å². The second kappa shape index (κ2) is 6.66. The fraction of sp³-hybridized carbons (Fsp3) is 0.211. The Labute approximate surface area is 141 Å². The molecule has 0 radical (unpaired) electrons. The molecule has 0 aliphatic rings. The highest BCUT2D eigenvalue weighted by Gasteiger charge is 2.14. The summed E-state index contributed by atoms with van der Waals surface area (Å²) in [4.78, 5) is 6.80. The first kappa shape index (κ1) is 15.9. The summed E-state index contributed by atoms with van der Waals surface area (Å²) < 4.78 is 1.91. The molecule has 4 rings (SSSR count). The molecule has 5 heteroatoms. The predicted molar refractivity (Wildman–Crippen MR) is 98.9 cm³/mol. The van der Waals surface area contributed by atoms with Gasteiger partial charge in [0.1, 0.15) is 12.1 Å². The van der Waals surface area contributed by atoms with Gasteiger partial charge in [-0.1, -0.05) is 44.2 Å². The number of hydrogen-bond acceptors (Lipinski definition) is 4. The van der Waals surface area contributed by atoms with Crippen LogP contribution in [0.25, 0.3) is 16.7 Å². The Balaban J connectivity index is 0.000000815. The van der Waals surface area contributed by atoms with Crippen molar-refractivity contribution >= 4 is 28.2 Å². The van der Waals surface area contributed by atoms with Crippen molar-refractivity contribution in [3.8, 4) is 0 Å². The van der Waals surface area contributed by atoms with E-state index >= 15 is 0 Å². The average molecular weight is 319 g/mol. The van der Waals surface area contributed by atoms with Crippen molar-refractivity contribution in [2.45, 2.75) is 20.8 Å². The number of hydrogen-bond donors (Lipinski definition) is 0. The first-order valence-corrected chi connectivity index (χ1v) is 8.13. The van der Waals surface area contributed by atoms with Crippen LogP contribution in [0.2, 0.25) is 0 Å². The van der Waals surface area contributed by atoms with Crippen LogP contribution in [0.3, 0.4) is 0 Å². The van der Waals surface area contributed by atoms with Crippen molar-refractivity contribution < 1.29 is 0 Å². The molecule has 0 saturated carbocycles.